The number of hydrogen-bond acceptors (Lipinski definition) is 3. The molecule has 5 nitrogen and oxygen atoms in total. The van der Waals surface area contributed by atoms with Gasteiger partial charge in [-0.15, -0.1) is 0 Å². The van der Waals surface area contributed by atoms with Crippen molar-refractivity contribution in [1.82, 2.24) is 20.0 Å². The van der Waals surface area contributed by atoms with Crippen molar-refractivity contribution in [2.45, 2.75) is 51.6 Å². The number of fused-ring (bicyclic) bond motifs is 1. The topological polar surface area (TPSA) is 52.2 Å². The molecule has 1 amide bonds. The quantitative estimate of drug-likeness (QED) is 0.919. The second-order valence-electron chi connectivity index (χ2n) is 7.49. The van der Waals surface area contributed by atoms with Crippen molar-refractivity contribution < 1.29 is 4.79 Å². The van der Waals surface area contributed by atoms with Gasteiger partial charge in [0.2, 0.25) is 5.91 Å². The molecule has 4 rings (SSSR count). The normalized spacial score (nSPS) is 20.8. The van der Waals surface area contributed by atoms with Gasteiger partial charge in [0.1, 0.15) is 0 Å². The Hall–Kier alpha value is -2.14. The van der Waals surface area contributed by atoms with E-state index in [2.05, 4.69) is 34.2 Å². The van der Waals surface area contributed by atoms with Crippen molar-refractivity contribution in [2.24, 2.45) is 0 Å². The van der Waals surface area contributed by atoms with Crippen LogP contribution in [0.2, 0.25) is 0 Å². The van der Waals surface area contributed by atoms with Crippen molar-refractivity contribution in [3.63, 3.8) is 0 Å². The molecule has 1 aromatic carbocycles. The van der Waals surface area contributed by atoms with Crippen LogP contribution in [0.3, 0.4) is 0 Å². The molecule has 0 aliphatic carbocycles. The first-order valence-corrected chi connectivity index (χ1v) is 9.89. The lowest BCUT2D eigenvalue weighted by atomic mass is 9.99. The molecule has 1 saturated heterocycles. The van der Waals surface area contributed by atoms with Crippen LogP contribution in [-0.2, 0) is 17.8 Å². The van der Waals surface area contributed by atoms with Gasteiger partial charge in [0, 0.05) is 42.4 Å². The highest BCUT2D eigenvalue weighted by Crippen LogP contribution is 2.28. The number of aromatic nitrogens is 2. The summed E-state index contributed by atoms with van der Waals surface area (Å²) in [7, 11) is 0. The van der Waals surface area contributed by atoms with Crippen LogP contribution >= 0.6 is 0 Å². The Morgan fingerprint density at radius 3 is 2.88 bits per heavy atom. The van der Waals surface area contributed by atoms with E-state index in [1.807, 2.05) is 23.1 Å². The van der Waals surface area contributed by atoms with E-state index in [4.69, 9.17) is 0 Å². The zero-order chi connectivity index (χ0) is 17.9. The number of likely N-dealkylation sites (tertiary alicyclic amines) is 1. The lowest BCUT2D eigenvalue weighted by Gasteiger charge is -2.36. The number of hydrogen-bond donors (Lipinski definition) is 1. The maximum absolute atomic E-state index is 13.0. The summed E-state index contributed by atoms with van der Waals surface area (Å²) in [6.07, 6.45) is 5.74. The first kappa shape index (κ1) is 17.3. The summed E-state index contributed by atoms with van der Waals surface area (Å²) in [5.41, 5.74) is 4.46. The maximum atomic E-state index is 13.0. The van der Waals surface area contributed by atoms with Gasteiger partial charge in [0.15, 0.2) is 0 Å². The molecule has 0 spiro atoms. The van der Waals surface area contributed by atoms with Gasteiger partial charge < -0.3 is 4.90 Å². The fraction of sp³-hybridized carbons (Fsp3) is 0.524. The van der Waals surface area contributed by atoms with Crippen molar-refractivity contribution in [2.75, 3.05) is 19.6 Å². The Balaban J connectivity index is 1.48. The van der Waals surface area contributed by atoms with E-state index in [1.165, 1.54) is 30.5 Å². The van der Waals surface area contributed by atoms with Crippen LogP contribution in [0, 0.1) is 0 Å². The second-order valence-corrected chi connectivity index (χ2v) is 7.49. The largest absolute Gasteiger partial charge is 0.337 e. The van der Waals surface area contributed by atoms with Gasteiger partial charge in [-0.1, -0.05) is 43.7 Å². The van der Waals surface area contributed by atoms with Crippen LogP contribution in [0.25, 0.3) is 11.3 Å². The summed E-state index contributed by atoms with van der Waals surface area (Å²) in [6.45, 7) is 5.31. The molecule has 2 aliphatic rings. The van der Waals surface area contributed by atoms with Crippen molar-refractivity contribution in [3.05, 3.63) is 41.6 Å². The summed E-state index contributed by atoms with van der Waals surface area (Å²) < 4.78 is 0. The molecule has 0 bridgehead atoms. The van der Waals surface area contributed by atoms with Crippen molar-refractivity contribution in [1.29, 1.82) is 0 Å². The summed E-state index contributed by atoms with van der Waals surface area (Å²) >= 11 is 0. The molecule has 2 aliphatic heterocycles. The van der Waals surface area contributed by atoms with Gasteiger partial charge in [-0.25, -0.2) is 0 Å². The highest BCUT2D eigenvalue weighted by Gasteiger charge is 2.29. The molecule has 5 heteroatoms. The number of aromatic amines is 1. The first-order chi connectivity index (χ1) is 12.8. The Kier molecular flexibility index (Phi) is 5.07. The number of carbonyl (C=O) groups excluding carboxylic acids is 1. The molecule has 138 valence electrons. The highest BCUT2D eigenvalue weighted by atomic mass is 16.2. The standard InChI is InChI=1S/C21H28N4O/c1-2-17-10-6-7-12-24(17)15-20(26)25-13-11-19-18(14-25)21(23-22-19)16-8-4-3-5-9-16/h3-5,8-9,17H,2,6-7,10-15H2,1H3,(H,22,23)/t17-/m1/s1. The van der Waals surface area contributed by atoms with Crippen LogP contribution in [0.5, 0.6) is 0 Å². The van der Waals surface area contributed by atoms with Crippen LogP contribution in [-0.4, -0.2) is 51.6 Å². The van der Waals surface area contributed by atoms with E-state index in [9.17, 15) is 4.79 Å². The molecule has 0 radical (unpaired) electrons. The minimum Gasteiger partial charge on any atom is -0.337 e. The van der Waals surface area contributed by atoms with Crippen molar-refractivity contribution >= 4 is 5.91 Å². The van der Waals surface area contributed by atoms with E-state index in [0.717, 1.165) is 37.2 Å². The highest BCUT2D eigenvalue weighted by molar-refractivity contribution is 5.79. The Labute approximate surface area is 155 Å². The van der Waals surface area contributed by atoms with Gasteiger partial charge in [0.25, 0.3) is 0 Å². The molecule has 3 heterocycles. The lowest BCUT2D eigenvalue weighted by molar-refractivity contribution is -0.134. The third-order valence-electron chi connectivity index (χ3n) is 5.89. The molecule has 1 aromatic heterocycles. The molecular weight excluding hydrogens is 324 g/mol. The molecule has 2 aromatic rings. The van der Waals surface area contributed by atoms with Gasteiger partial charge >= 0.3 is 0 Å². The van der Waals surface area contributed by atoms with E-state index >= 15 is 0 Å². The maximum Gasteiger partial charge on any atom is 0.237 e. The average Bonchev–Trinajstić information content (AvgIpc) is 3.12. The van der Waals surface area contributed by atoms with Crippen LogP contribution in [0.4, 0.5) is 0 Å². The van der Waals surface area contributed by atoms with E-state index in [1.54, 1.807) is 0 Å². The monoisotopic (exact) mass is 352 g/mol. The van der Waals surface area contributed by atoms with E-state index < -0.39 is 0 Å². The molecule has 1 atom stereocenters. The number of amides is 1. The van der Waals surface area contributed by atoms with Gasteiger partial charge in [-0.05, 0) is 25.8 Å². The molecule has 0 saturated carbocycles. The zero-order valence-electron chi connectivity index (χ0n) is 15.6. The number of carbonyl (C=O) groups is 1. The van der Waals surface area contributed by atoms with Gasteiger partial charge in [0.05, 0.1) is 12.2 Å². The van der Waals surface area contributed by atoms with Crippen LogP contribution in [0.1, 0.15) is 43.9 Å². The van der Waals surface area contributed by atoms with Gasteiger partial charge in [-0.2, -0.15) is 5.10 Å². The fourth-order valence-corrected chi connectivity index (χ4v) is 4.35. The SMILES string of the molecule is CC[C@@H]1CCCCN1CC(=O)N1CCc2[nH]nc(-c3ccccc3)c2C1. The number of piperidine rings is 1. The zero-order valence-corrected chi connectivity index (χ0v) is 15.6. The molecular formula is C21H28N4O. The van der Waals surface area contributed by atoms with Gasteiger partial charge in [-0.3, -0.25) is 14.8 Å². The van der Waals surface area contributed by atoms with Crippen LogP contribution < -0.4 is 0 Å². The summed E-state index contributed by atoms with van der Waals surface area (Å²) in [5, 5.41) is 7.71. The third-order valence-corrected chi connectivity index (χ3v) is 5.89. The third kappa shape index (κ3) is 3.40. The molecule has 1 fully saturated rings. The average molecular weight is 352 g/mol. The van der Waals surface area contributed by atoms with E-state index in [0.29, 0.717) is 19.1 Å². The summed E-state index contributed by atoms with van der Waals surface area (Å²) in [6, 6.07) is 10.8. The number of rotatable bonds is 4. The summed E-state index contributed by atoms with van der Waals surface area (Å²) in [4.78, 5) is 17.4. The summed E-state index contributed by atoms with van der Waals surface area (Å²) in [5.74, 6) is 0.260. The lowest BCUT2D eigenvalue weighted by Crippen LogP contribution is -2.47. The molecule has 0 unspecified atom stereocenters. The smallest absolute Gasteiger partial charge is 0.237 e. The number of nitrogens with one attached hydrogen (secondary N) is 1. The van der Waals surface area contributed by atoms with E-state index in [-0.39, 0.29) is 5.91 Å². The number of benzene rings is 1. The molecule has 26 heavy (non-hydrogen) atoms. The first-order valence-electron chi connectivity index (χ1n) is 9.89. The number of nitrogens with zero attached hydrogens (tertiary/aromatic N) is 3. The van der Waals surface area contributed by atoms with Crippen molar-refractivity contribution in [3.8, 4) is 11.3 Å². The predicted octanol–water partition coefficient (Wildman–Crippen LogP) is 3.23. The molecule has 1 N–H and O–H groups in total. The predicted molar refractivity (Wildman–Crippen MR) is 103 cm³/mol. The fourth-order valence-electron chi connectivity index (χ4n) is 4.35. The minimum absolute atomic E-state index is 0.260. The second kappa shape index (κ2) is 7.62. The number of H-pyrrole nitrogens is 1. The minimum atomic E-state index is 0.260. The van der Waals surface area contributed by atoms with Crippen LogP contribution in [0.15, 0.2) is 30.3 Å². The Bertz CT molecular complexity index is 755. The Morgan fingerprint density at radius 2 is 2.08 bits per heavy atom. The Morgan fingerprint density at radius 1 is 1.23 bits per heavy atom.